The Bertz CT molecular complexity index is 1040. The second kappa shape index (κ2) is 7.75. The van der Waals surface area contributed by atoms with E-state index in [1.165, 1.54) is 4.90 Å². The van der Waals surface area contributed by atoms with E-state index in [0.717, 1.165) is 15.2 Å². The maximum Gasteiger partial charge on any atom is 0.261 e. The zero-order valence-electron chi connectivity index (χ0n) is 16.3. The molecule has 4 rings (SSSR count). The highest BCUT2D eigenvalue weighted by atomic mass is 32.1. The van der Waals surface area contributed by atoms with E-state index >= 15 is 0 Å². The Hall–Kier alpha value is -3.06. The van der Waals surface area contributed by atoms with Crippen molar-refractivity contribution in [1.82, 2.24) is 14.8 Å². The molecule has 148 valence electrons. The van der Waals surface area contributed by atoms with Gasteiger partial charge >= 0.3 is 0 Å². The van der Waals surface area contributed by atoms with Crippen LogP contribution >= 0.6 is 11.3 Å². The Morgan fingerprint density at radius 1 is 1.07 bits per heavy atom. The maximum atomic E-state index is 12.6. The molecule has 1 aliphatic heterocycles. The molecule has 0 saturated carbocycles. The van der Waals surface area contributed by atoms with Crippen molar-refractivity contribution < 1.29 is 14.4 Å². The predicted octanol–water partition coefficient (Wildman–Crippen LogP) is 3.89. The normalized spacial score (nSPS) is 14.3. The summed E-state index contributed by atoms with van der Waals surface area (Å²) < 4.78 is 1.10. The van der Waals surface area contributed by atoms with Gasteiger partial charge in [0.05, 0.1) is 27.4 Å². The summed E-state index contributed by atoms with van der Waals surface area (Å²) >= 11 is 1.59. The first kappa shape index (κ1) is 19.3. The number of nitrogens with zero attached hydrogens (tertiary/aromatic N) is 3. The average Bonchev–Trinajstić information content (AvgIpc) is 3.28. The van der Waals surface area contributed by atoms with Gasteiger partial charge in [-0.2, -0.15) is 0 Å². The number of aromatic nitrogens is 1. The summed E-state index contributed by atoms with van der Waals surface area (Å²) in [6.07, 6.45) is 0.695. The van der Waals surface area contributed by atoms with Crippen molar-refractivity contribution in [3.8, 4) is 0 Å². The zero-order valence-corrected chi connectivity index (χ0v) is 17.1. The molecule has 0 saturated heterocycles. The molecule has 0 spiro atoms. The summed E-state index contributed by atoms with van der Waals surface area (Å²) in [6.45, 7) is 2.20. The van der Waals surface area contributed by atoms with Gasteiger partial charge in [-0.25, -0.2) is 4.98 Å². The van der Waals surface area contributed by atoms with E-state index in [1.54, 1.807) is 47.5 Å². The molecule has 1 atom stereocenters. The number of para-hydroxylation sites is 1. The second-order valence-corrected chi connectivity index (χ2v) is 8.17. The molecule has 7 heteroatoms. The fourth-order valence-electron chi connectivity index (χ4n) is 3.46. The number of hydrogen-bond donors (Lipinski definition) is 0. The number of carbonyl (C=O) groups is 3. The quantitative estimate of drug-likeness (QED) is 0.581. The summed E-state index contributed by atoms with van der Waals surface area (Å²) in [4.78, 5) is 45.0. The predicted molar refractivity (Wildman–Crippen MR) is 112 cm³/mol. The average molecular weight is 407 g/mol. The molecule has 0 radical (unpaired) electrons. The van der Waals surface area contributed by atoms with E-state index in [0.29, 0.717) is 17.5 Å². The van der Waals surface area contributed by atoms with Crippen molar-refractivity contribution >= 4 is 39.3 Å². The number of carbonyl (C=O) groups excluding carboxylic acids is 3. The number of imide groups is 1. The summed E-state index contributed by atoms with van der Waals surface area (Å²) in [7, 11) is 1.76. The van der Waals surface area contributed by atoms with Crippen molar-refractivity contribution in [2.24, 2.45) is 0 Å². The number of hydrogen-bond acceptors (Lipinski definition) is 5. The smallest absolute Gasteiger partial charge is 0.261 e. The first-order valence-electron chi connectivity index (χ1n) is 9.53. The Balaban J connectivity index is 1.35. The monoisotopic (exact) mass is 407 g/mol. The molecular formula is C22H21N3O3S. The molecule has 2 heterocycles. The summed E-state index contributed by atoms with van der Waals surface area (Å²) in [5.41, 5.74) is 1.81. The molecule has 0 aliphatic carbocycles. The highest BCUT2D eigenvalue weighted by Crippen LogP contribution is 2.29. The lowest BCUT2D eigenvalue weighted by Crippen LogP contribution is -2.33. The van der Waals surface area contributed by atoms with Gasteiger partial charge in [0.15, 0.2) is 0 Å². The highest BCUT2D eigenvalue weighted by Gasteiger charge is 2.34. The molecule has 1 aromatic heterocycles. The van der Waals surface area contributed by atoms with E-state index in [1.807, 2.05) is 31.2 Å². The molecule has 3 amide bonds. The second-order valence-electron chi connectivity index (χ2n) is 7.11. The number of rotatable bonds is 6. The van der Waals surface area contributed by atoms with Crippen molar-refractivity contribution in [1.29, 1.82) is 0 Å². The van der Waals surface area contributed by atoms with E-state index in [9.17, 15) is 14.4 Å². The van der Waals surface area contributed by atoms with Crippen molar-refractivity contribution in [2.45, 2.75) is 25.8 Å². The van der Waals surface area contributed by atoms with Crippen LogP contribution in [0.5, 0.6) is 0 Å². The molecule has 0 bridgehead atoms. The lowest BCUT2D eigenvalue weighted by molar-refractivity contribution is -0.132. The van der Waals surface area contributed by atoms with Crippen LogP contribution in [0.4, 0.5) is 0 Å². The van der Waals surface area contributed by atoms with Gasteiger partial charge in [-0.05, 0) is 37.6 Å². The number of thiazole rings is 1. The van der Waals surface area contributed by atoms with E-state index in [4.69, 9.17) is 0 Å². The Labute approximate surface area is 172 Å². The largest absolute Gasteiger partial charge is 0.337 e. The molecule has 3 aromatic rings. The standard InChI is InChI=1S/C22H21N3O3S/c1-14(20-23-17-10-5-6-11-18(17)29-20)24(2)19(26)12-7-13-25-21(27)15-8-3-4-9-16(15)22(25)28/h3-6,8-11,14H,7,12-13H2,1-2H3/t14-/m1/s1. The van der Waals surface area contributed by atoms with Crippen LogP contribution in [-0.4, -0.2) is 46.1 Å². The third-order valence-electron chi connectivity index (χ3n) is 5.29. The minimum Gasteiger partial charge on any atom is -0.337 e. The summed E-state index contributed by atoms with van der Waals surface area (Å²) in [6, 6.07) is 14.6. The Morgan fingerprint density at radius 3 is 2.34 bits per heavy atom. The summed E-state index contributed by atoms with van der Waals surface area (Å²) in [5, 5.41) is 0.891. The molecular weight excluding hydrogens is 386 g/mol. The van der Waals surface area contributed by atoms with Crippen LogP contribution < -0.4 is 0 Å². The van der Waals surface area contributed by atoms with Crippen LogP contribution in [0.1, 0.15) is 51.5 Å². The van der Waals surface area contributed by atoms with Crippen LogP contribution in [-0.2, 0) is 4.79 Å². The molecule has 0 unspecified atom stereocenters. The fraction of sp³-hybridized carbons (Fsp3) is 0.273. The van der Waals surface area contributed by atoms with Gasteiger partial charge < -0.3 is 4.90 Å². The summed E-state index contributed by atoms with van der Waals surface area (Å²) in [5.74, 6) is -0.600. The molecule has 2 aromatic carbocycles. The van der Waals surface area contributed by atoms with E-state index < -0.39 is 0 Å². The molecule has 29 heavy (non-hydrogen) atoms. The van der Waals surface area contributed by atoms with Crippen LogP contribution in [0, 0.1) is 0 Å². The Kier molecular flexibility index (Phi) is 5.15. The van der Waals surface area contributed by atoms with Gasteiger partial charge in [0.25, 0.3) is 11.8 Å². The van der Waals surface area contributed by atoms with E-state index in [2.05, 4.69) is 4.98 Å². The van der Waals surface area contributed by atoms with Crippen molar-refractivity contribution in [3.63, 3.8) is 0 Å². The van der Waals surface area contributed by atoms with Gasteiger partial charge in [0.2, 0.25) is 5.91 Å². The molecule has 6 nitrogen and oxygen atoms in total. The number of fused-ring (bicyclic) bond motifs is 2. The minimum atomic E-state index is -0.283. The lowest BCUT2D eigenvalue weighted by atomic mass is 10.1. The van der Waals surface area contributed by atoms with Gasteiger partial charge in [-0.1, -0.05) is 24.3 Å². The molecule has 1 aliphatic rings. The topological polar surface area (TPSA) is 70.6 Å². The molecule has 0 N–H and O–H groups in total. The third kappa shape index (κ3) is 3.53. The highest BCUT2D eigenvalue weighted by molar-refractivity contribution is 7.18. The van der Waals surface area contributed by atoms with Crippen LogP contribution in [0.3, 0.4) is 0 Å². The van der Waals surface area contributed by atoms with Crippen molar-refractivity contribution in [3.05, 3.63) is 64.7 Å². The van der Waals surface area contributed by atoms with Crippen LogP contribution in [0.15, 0.2) is 48.5 Å². The lowest BCUT2D eigenvalue weighted by Gasteiger charge is -2.23. The zero-order chi connectivity index (χ0) is 20.5. The number of benzene rings is 2. The van der Waals surface area contributed by atoms with Crippen molar-refractivity contribution in [2.75, 3.05) is 13.6 Å². The van der Waals surface area contributed by atoms with Crippen LogP contribution in [0.25, 0.3) is 10.2 Å². The van der Waals surface area contributed by atoms with Gasteiger partial charge in [-0.15, -0.1) is 11.3 Å². The first-order chi connectivity index (χ1) is 14.0. The first-order valence-corrected chi connectivity index (χ1v) is 10.4. The SMILES string of the molecule is C[C@H](c1nc2ccccc2s1)N(C)C(=O)CCCN1C(=O)c2ccccc2C1=O. The Morgan fingerprint density at radius 2 is 1.69 bits per heavy atom. The van der Waals surface area contributed by atoms with Gasteiger partial charge in [0, 0.05) is 20.0 Å². The van der Waals surface area contributed by atoms with Crippen LogP contribution in [0.2, 0.25) is 0 Å². The maximum absolute atomic E-state index is 12.6. The molecule has 0 fully saturated rings. The number of amides is 3. The third-order valence-corrected chi connectivity index (χ3v) is 6.50. The van der Waals surface area contributed by atoms with E-state index in [-0.39, 0.29) is 36.7 Å². The minimum absolute atomic E-state index is 0.0339. The fourth-order valence-corrected chi connectivity index (χ4v) is 4.52. The van der Waals surface area contributed by atoms with Gasteiger partial charge in [0.1, 0.15) is 5.01 Å². The van der Waals surface area contributed by atoms with Gasteiger partial charge in [-0.3, -0.25) is 19.3 Å².